The molecule has 0 spiro atoms. The number of rotatable bonds is 5. The second-order valence-corrected chi connectivity index (χ2v) is 7.03. The lowest BCUT2D eigenvalue weighted by atomic mass is 10.2. The van der Waals surface area contributed by atoms with Crippen molar-refractivity contribution in [2.75, 3.05) is 36.5 Å². The summed E-state index contributed by atoms with van der Waals surface area (Å²) < 4.78 is 7.11. The third-order valence-electron chi connectivity index (χ3n) is 4.67. The molecule has 1 amide bonds. The molecule has 1 N–H and O–H groups in total. The summed E-state index contributed by atoms with van der Waals surface area (Å²) in [4.78, 5) is 14.9. The second-order valence-electron chi connectivity index (χ2n) is 6.62. The van der Waals surface area contributed by atoms with Gasteiger partial charge in [0.05, 0.1) is 31.5 Å². The van der Waals surface area contributed by atoms with Crippen LogP contribution in [0.5, 0.6) is 0 Å². The average molecular weight is 397 g/mol. The van der Waals surface area contributed by atoms with Crippen LogP contribution in [0.15, 0.2) is 60.9 Å². The minimum Gasteiger partial charge on any atom is -0.378 e. The number of halogens is 1. The largest absolute Gasteiger partial charge is 0.378 e. The maximum absolute atomic E-state index is 12.6. The van der Waals surface area contributed by atoms with Gasteiger partial charge in [0.15, 0.2) is 0 Å². The van der Waals surface area contributed by atoms with Crippen LogP contribution in [0.4, 0.5) is 11.4 Å². The minimum atomic E-state index is -0.190. The van der Waals surface area contributed by atoms with Crippen molar-refractivity contribution in [3.05, 3.63) is 77.1 Å². The number of aromatic nitrogens is 2. The van der Waals surface area contributed by atoms with Gasteiger partial charge < -0.3 is 15.0 Å². The summed E-state index contributed by atoms with van der Waals surface area (Å²) in [7, 11) is 0. The first-order valence-electron chi connectivity index (χ1n) is 9.19. The van der Waals surface area contributed by atoms with E-state index in [9.17, 15) is 4.79 Å². The zero-order valence-corrected chi connectivity index (χ0v) is 16.1. The molecule has 1 saturated heterocycles. The Morgan fingerprint density at radius 2 is 1.96 bits per heavy atom. The number of carbonyl (C=O) groups is 1. The number of nitrogens with zero attached hydrogens (tertiary/aromatic N) is 3. The van der Waals surface area contributed by atoms with Crippen molar-refractivity contribution in [1.82, 2.24) is 9.78 Å². The molecular formula is C21H21ClN4O2. The lowest BCUT2D eigenvalue weighted by Gasteiger charge is -2.29. The molecule has 1 aliphatic heterocycles. The van der Waals surface area contributed by atoms with E-state index in [0.29, 0.717) is 17.1 Å². The molecule has 1 aliphatic rings. The van der Waals surface area contributed by atoms with Gasteiger partial charge in [0.2, 0.25) is 0 Å². The lowest BCUT2D eigenvalue weighted by Crippen LogP contribution is -2.36. The number of hydrogen-bond acceptors (Lipinski definition) is 4. The zero-order chi connectivity index (χ0) is 19.3. The Kier molecular flexibility index (Phi) is 5.60. The molecule has 0 saturated carbocycles. The number of ether oxygens (including phenoxy) is 1. The van der Waals surface area contributed by atoms with Gasteiger partial charge in [-0.2, -0.15) is 5.10 Å². The fourth-order valence-corrected chi connectivity index (χ4v) is 3.37. The van der Waals surface area contributed by atoms with Crippen LogP contribution in [0.2, 0.25) is 5.02 Å². The molecule has 6 nitrogen and oxygen atoms in total. The van der Waals surface area contributed by atoms with Gasteiger partial charge in [-0.05, 0) is 29.8 Å². The van der Waals surface area contributed by atoms with Gasteiger partial charge in [-0.3, -0.25) is 9.48 Å². The molecule has 0 aliphatic carbocycles. The van der Waals surface area contributed by atoms with Crippen molar-refractivity contribution < 1.29 is 9.53 Å². The highest BCUT2D eigenvalue weighted by atomic mass is 35.5. The Labute approximate surface area is 168 Å². The predicted molar refractivity (Wildman–Crippen MR) is 110 cm³/mol. The first kappa shape index (κ1) is 18.5. The topological polar surface area (TPSA) is 59.4 Å². The number of nitrogens with one attached hydrogen (secondary N) is 1. The van der Waals surface area contributed by atoms with Gasteiger partial charge >= 0.3 is 0 Å². The van der Waals surface area contributed by atoms with Crippen LogP contribution in [0.1, 0.15) is 15.9 Å². The van der Waals surface area contributed by atoms with Crippen molar-refractivity contribution in [3.63, 3.8) is 0 Å². The quantitative estimate of drug-likeness (QED) is 0.714. The monoisotopic (exact) mass is 396 g/mol. The Balaban J connectivity index is 1.43. The molecule has 2 aromatic carbocycles. The Hall–Kier alpha value is -2.83. The van der Waals surface area contributed by atoms with E-state index in [0.717, 1.165) is 43.2 Å². The highest BCUT2D eigenvalue weighted by molar-refractivity contribution is 6.31. The summed E-state index contributed by atoms with van der Waals surface area (Å²) in [5.74, 6) is -0.190. The van der Waals surface area contributed by atoms with Crippen LogP contribution in [0.25, 0.3) is 0 Å². The standard InChI is InChI=1S/C21H21ClN4O2/c22-20-7-2-1-4-16(20)14-26-15-17(13-23-26)21(27)24-18-5-3-6-19(12-18)25-8-10-28-11-9-25/h1-7,12-13,15H,8-11,14H2,(H,24,27). The van der Waals surface area contributed by atoms with Crippen molar-refractivity contribution in [1.29, 1.82) is 0 Å². The summed E-state index contributed by atoms with van der Waals surface area (Å²) >= 11 is 6.20. The molecule has 0 unspecified atom stereocenters. The molecule has 144 valence electrons. The summed E-state index contributed by atoms with van der Waals surface area (Å²) in [5, 5.41) is 7.92. The van der Waals surface area contributed by atoms with Crippen molar-refractivity contribution >= 4 is 28.9 Å². The summed E-state index contributed by atoms with van der Waals surface area (Å²) in [6.45, 7) is 3.67. The maximum atomic E-state index is 12.6. The molecule has 1 aromatic heterocycles. The fraction of sp³-hybridized carbons (Fsp3) is 0.238. The van der Waals surface area contributed by atoms with Gasteiger partial charge in [-0.25, -0.2) is 0 Å². The molecule has 0 bridgehead atoms. The van der Waals surface area contributed by atoms with Crippen LogP contribution < -0.4 is 10.2 Å². The van der Waals surface area contributed by atoms with Crippen molar-refractivity contribution in [2.24, 2.45) is 0 Å². The SMILES string of the molecule is O=C(Nc1cccc(N2CCOCC2)c1)c1cnn(Cc2ccccc2Cl)c1. The first-order chi connectivity index (χ1) is 13.7. The van der Waals surface area contributed by atoms with Gasteiger partial charge in [-0.1, -0.05) is 35.9 Å². The molecule has 1 fully saturated rings. The van der Waals surface area contributed by atoms with E-state index in [2.05, 4.69) is 15.3 Å². The van der Waals surface area contributed by atoms with E-state index in [1.54, 1.807) is 17.1 Å². The fourth-order valence-electron chi connectivity index (χ4n) is 3.17. The van der Waals surface area contributed by atoms with Gasteiger partial charge in [0.1, 0.15) is 0 Å². The van der Waals surface area contributed by atoms with Gasteiger partial charge in [-0.15, -0.1) is 0 Å². The van der Waals surface area contributed by atoms with Crippen molar-refractivity contribution in [3.8, 4) is 0 Å². The van der Waals surface area contributed by atoms with E-state index in [1.807, 2.05) is 48.5 Å². The molecule has 7 heteroatoms. The number of amides is 1. The number of morpholine rings is 1. The summed E-state index contributed by atoms with van der Waals surface area (Å²) in [6, 6.07) is 15.5. The Bertz CT molecular complexity index is 966. The molecule has 4 rings (SSSR count). The van der Waals surface area contributed by atoms with Crippen LogP contribution in [0, 0.1) is 0 Å². The number of carbonyl (C=O) groups excluding carboxylic acids is 1. The Morgan fingerprint density at radius 3 is 2.79 bits per heavy atom. The van der Waals surface area contributed by atoms with Crippen molar-refractivity contribution in [2.45, 2.75) is 6.54 Å². The lowest BCUT2D eigenvalue weighted by molar-refractivity contribution is 0.102. The number of hydrogen-bond donors (Lipinski definition) is 1. The molecule has 0 atom stereocenters. The summed E-state index contributed by atoms with van der Waals surface area (Å²) in [5.41, 5.74) is 3.30. The molecule has 0 radical (unpaired) electrons. The van der Waals surface area contributed by atoms with Gasteiger partial charge in [0, 0.05) is 35.7 Å². The third kappa shape index (κ3) is 4.35. The van der Waals surface area contributed by atoms with Crippen LogP contribution in [-0.4, -0.2) is 42.0 Å². The highest BCUT2D eigenvalue weighted by Crippen LogP contribution is 2.21. The van der Waals surface area contributed by atoms with E-state index < -0.39 is 0 Å². The average Bonchev–Trinajstić information content (AvgIpc) is 3.19. The number of anilines is 2. The molecular weight excluding hydrogens is 376 g/mol. The van der Waals surface area contributed by atoms with E-state index in [-0.39, 0.29) is 5.91 Å². The van der Waals surface area contributed by atoms with Crippen LogP contribution >= 0.6 is 11.6 Å². The smallest absolute Gasteiger partial charge is 0.258 e. The second kappa shape index (κ2) is 8.46. The highest BCUT2D eigenvalue weighted by Gasteiger charge is 2.13. The van der Waals surface area contributed by atoms with E-state index in [1.165, 1.54) is 0 Å². The first-order valence-corrected chi connectivity index (χ1v) is 9.57. The minimum absolute atomic E-state index is 0.190. The number of benzene rings is 2. The van der Waals surface area contributed by atoms with Gasteiger partial charge in [0.25, 0.3) is 5.91 Å². The maximum Gasteiger partial charge on any atom is 0.258 e. The molecule has 28 heavy (non-hydrogen) atoms. The molecule has 2 heterocycles. The third-order valence-corrected chi connectivity index (χ3v) is 5.03. The Morgan fingerprint density at radius 1 is 1.14 bits per heavy atom. The predicted octanol–water partition coefficient (Wildman–Crippen LogP) is 3.67. The van der Waals surface area contributed by atoms with E-state index >= 15 is 0 Å². The van der Waals surface area contributed by atoms with Crippen LogP contribution in [0.3, 0.4) is 0 Å². The summed E-state index contributed by atoms with van der Waals surface area (Å²) in [6.07, 6.45) is 3.29. The zero-order valence-electron chi connectivity index (χ0n) is 15.3. The van der Waals surface area contributed by atoms with E-state index in [4.69, 9.17) is 16.3 Å². The normalized spacial score (nSPS) is 14.1. The molecule has 3 aromatic rings. The van der Waals surface area contributed by atoms with Crippen LogP contribution in [-0.2, 0) is 11.3 Å².